The number of carbonyl (C=O) groups is 1. The van der Waals surface area contributed by atoms with E-state index < -0.39 is 5.69 Å². The van der Waals surface area contributed by atoms with Crippen molar-refractivity contribution in [2.24, 2.45) is 0 Å². The Balaban J connectivity index is 1.69. The number of hydrogen-bond acceptors (Lipinski definition) is 5. The molecule has 9 nitrogen and oxygen atoms in total. The number of aromatic nitrogens is 5. The number of aryl methyl sites for hydroxylation is 1. The molecule has 0 spiro atoms. The lowest BCUT2D eigenvalue weighted by molar-refractivity contribution is -0.141. The number of carbonyl (C=O) groups excluding carboxylic acids is 1. The highest BCUT2D eigenvalue weighted by molar-refractivity contribution is 5.76. The van der Waals surface area contributed by atoms with Crippen LogP contribution in [0.25, 0.3) is 5.69 Å². The van der Waals surface area contributed by atoms with Gasteiger partial charge in [-0.1, -0.05) is 12.1 Å². The first kappa shape index (κ1) is 19.1. The third-order valence-electron chi connectivity index (χ3n) is 5.13. The number of halogens is 1. The van der Waals surface area contributed by atoms with Gasteiger partial charge in [0, 0.05) is 17.8 Å². The van der Waals surface area contributed by atoms with Crippen LogP contribution in [0.1, 0.15) is 23.0 Å². The van der Waals surface area contributed by atoms with Crippen LogP contribution < -0.4 is 5.69 Å². The average Bonchev–Trinajstić information content (AvgIpc) is 3.24. The summed E-state index contributed by atoms with van der Waals surface area (Å²) in [7, 11) is 0. The van der Waals surface area contributed by atoms with Gasteiger partial charge < -0.3 is 9.64 Å². The molecule has 0 aliphatic carbocycles. The molecule has 1 aliphatic heterocycles. The van der Waals surface area contributed by atoms with Crippen molar-refractivity contribution in [1.29, 1.82) is 0 Å². The number of para-hydroxylation sites is 1. The van der Waals surface area contributed by atoms with Crippen LogP contribution in [0.5, 0.6) is 0 Å². The van der Waals surface area contributed by atoms with Gasteiger partial charge in [-0.15, -0.1) is 0 Å². The molecule has 2 aromatic heterocycles. The third kappa shape index (κ3) is 3.46. The summed E-state index contributed by atoms with van der Waals surface area (Å²) in [4.78, 5) is 26.3. The SMILES string of the molecule is Cc1nn(-c2ccccc2F)c(C)c1C1COCCN1C(=O)Cn1cn[nH]c1=O. The molecule has 1 amide bonds. The topological polar surface area (TPSA) is 98.0 Å². The van der Waals surface area contributed by atoms with E-state index in [0.29, 0.717) is 31.1 Å². The fraction of sp³-hybridized carbons (Fsp3) is 0.368. The van der Waals surface area contributed by atoms with Gasteiger partial charge in [0.2, 0.25) is 5.91 Å². The van der Waals surface area contributed by atoms with Crippen LogP contribution in [-0.2, 0) is 16.1 Å². The molecule has 1 unspecified atom stereocenters. The number of ether oxygens (including phenoxy) is 1. The summed E-state index contributed by atoms with van der Waals surface area (Å²) in [5.74, 6) is -0.601. The molecule has 3 heterocycles. The van der Waals surface area contributed by atoms with E-state index in [0.717, 1.165) is 11.3 Å². The molecule has 10 heteroatoms. The van der Waals surface area contributed by atoms with Crippen LogP contribution in [0.3, 0.4) is 0 Å². The standard InChI is InChI=1S/C19H21FN6O3/c1-12-18(13(2)26(23-12)15-6-4-3-5-14(15)20)16-10-29-8-7-25(16)17(27)9-24-11-21-22-19(24)28/h3-6,11,16H,7-10H2,1-2H3,(H,22,28). The molecule has 1 fully saturated rings. The van der Waals surface area contributed by atoms with Gasteiger partial charge in [0.05, 0.1) is 24.9 Å². The zero-order valence-corrected chi connectivity index (χ0v) is 16.1. The summed E-state index contributed by atoms with van der Waals surface area (Å²) in [5, 5.41) is 10.4. The summed E-state index contributed by atoms with van der Waals surface area (Å²) in [6.45, 7) is 4.65. The van der Waals surface area contributed by atoms with Crippen molar-refractivity contribution in [3.8, 4) is 5.69 Å². The Morgan fingerprint density at radius 1 is 1.34 bits per heavy atom. The van der Waals surface area contributed by atoms with Gasteiger partial charge in [-0.3, -0.25) is 9.36 Å². The number of H-pyrrole nitrogens is 1. The fourth-order valence-electron chi connectivity index (χ4n) is 3.76. The maximum absolute atomic E-state index is 14.3. The maximum Gasteiger partial charge on any atom is 0.343 e. The Labute approximate surface area is 165 Å². The predicted octanol–water partition coefficient (Wildman–Crippen LogP) is 1.11. The largest absolute Gasteiger partial charge is 0.377 e. The number of hydrogen-bond donors (Lipinski definition) is 1. The van der Waals surface area contributed by atoms with E-state index in [4.69, 9.17) is 4.74 Å². The Kier molecular flexibility index (Phi) is 5.01. The Bertz CT molecular complexity index is 1100. The second-order valence-electron chi connectivity index (χ2n) is 6.91. The van der Waals surface area contributed by atoms with Crippen LogP contribution in [0.15, 0.2) is 35.4 Å². The van der Waals surface area contributed by atoms with Gasteiger partial charge in [-0.25, -0.2) is 19.0 Å². The van der Waals surface area contributed by atoms with Crippen molar-refractivity contribution < 1.29 is 13.9 Å². The van der Waals surface area contributed by atoms with Crippen molar-refractivity contribution in [3.63, 3.8) is 0 Å². The molecule has 0 radical (unpaired) electrons. The number of nitrogens with one attached hydrogen (secondary N) is 1. The van der Waals surface area contributed by atoms with E-state index in [-0.39, 0.29) is 24.3 Å². The molecule has 3 aromatic rings. The Morgan fingerprint density at radius 2 is 2.14 bits per heavy atom. The minimum Gasteiger partial charge on any atom is -0.377 e. The second-order valence-corrected chi connectivity index (χ2v) is 6.91. The number of aromatic amines is 1. The van der Waals surface area contributed by atoms with Gasteiger partial charge in [-0.05, 0) is 26.0 Å². The fourth-order valence-corrected chi connectivity index (χ4v) is 3.76. The lowest BCUT2D eigenvalue weighted by Crippen LogP contribution is -2.45. The monoisotopic (exact) mass is 400 g/mol. The average molecular weight is 400 g/mol. The van der Waals surface area contributed by atoms with Crippen molar-refractivity contribution in [2.45, 2.75) is 26.4 Å². The first-order chi connectivity index (χ1) is 14.0. The van der Waals surface area contributed by atoms with Gasteiger partial charge in [-0.2, -0.15) is 10.2 Å². The smallest absolute Gasteiger partial charge is 0.343 e. The summed E-state index contributed by atoms with van der Waals surface area (Å²) < 4.78 is 22.7. The summed E-state index contributed by atoms with van der Waals surface area (Å²) >= 11 is 0. The highest BCUT2D eigenvalue weighted by Crippen LogP contribution is 2.31. The van der Waals surface area contributed by atoms with E-state index in [1.807, 2.05) is 13.8 Å². The van der Waals surface area contributed by atoms with E-state index in [1.165, 1.54) is 17.0 Å². The third-order valence-corrected chi connectivity index (χ3v) is 5.13. The van der Waals surface area contributed by atoms with Crippen molar-refractivity contribution in [1.82, 2.24) is 29.4 Å². The van der Waals surface area contributed by atoms with Crippen LogP contribution in [0.2, 0.25) is 0 Å². The summed E-state index contributed by atoms with van der Waals surface area (Å²) in [6, 6.07) is 6.03. The number of nitrogens with zero attached hydrogens (tertiary/aromatic N) is 5. The van der Waals surface area contributed by atoms with E-state index in [2.05, 4.69) is 15.3 Å². The minimum absolute atomic E-state index is 0.120. The molecular formula is C19H21FN6O3. The predicted molar refractivity (Wildman–Crippen MR) is 101 cm³/mol. The molecule has 1 N–H and O–H groups in total. The number of rotatable bonds is 4. The molecular weight excluding hydrogens is 379 g/mol. The van der Waals surface area contributed by atoms with E-state index in [1.54, 1.807) is 27.8 Å². The zero-order valence-electron chi connectivity index (χ0n) is 16.1. The van der Waals surface area contributed by atoms with Gasteiger partial charge >= 0.3 is 5.69 Å². The Hall–Kier alpha value is -3.27. The molecule has 4 rings (SSSR count). The molecule has 152 valence electrons. The second kappa shape index (κ2) is 7.63. The van der Waals surface area contributed by atoms with E-state index >= 15 is 0 Å². The number of morpholine rings is 1. The summed E-state index contributed by atoms with van der Waals surface area (Å²) in [6.07, 6.45) is 1.29. The normalized spacial score (nSPS) is 16.9. The van der Waals surface area contributed by atoms with Gasteiger partial charge in [0.25, 0.3) is 0 Å². The lowest BCUT2D eigenvalue weighted by atomic mass is 10.0. The van der Waals surface area contributed by atoms with Crippen molar-refractivity contribution in [2.75, 3.05) is 19.8 Å². The molecule has 1 aromatic carbocycles. The lowest BCUT2D eigenvalue weighted by Gasteiger charge is -2.36. The zero-order chi connectivity index (χ0) is 20.5. The first-order valence-corrected chi connectivity index (χ1v) is 9.25. The van der Waals surface area contributed by atoms with Crippen LogP contribution >= 0.6 is 0 Å². The van der Waals surface area contributed by atoms with Crippen LogP contribution in [0, 0.1) is 19.7 Å². The van der Waals surface area contributed by atoms with Crippen molar-refractivity contribution >= 4 is 5.91 Å². The van der Waals surface area contributed by atoms with Gasteiger partial charge in [0.1, 0.15) is 24.4 Å². The minimum atomic E-state index is -0.442. The van der Waals surface area contributed by atoms with Crippen molar-refractivity contribution in [3.05, 3.63) is 63.8 Å². The maximum atomic E-state index is 14.3. The Morgan fingerprint density at radius 3 is 2.86 bits per heavy atom. The molecule has 1 aliphatic rings. The van der Waals surface area contributed by atoms with Gasteiger partial charge in [0.15, 0.2) is 0 Å². The molecule has 1 atom stereocenters. The number of benzene rings is 1. The quantitative estimate of drug-likeness (QED) is 0.708. The molecule has 1 saturated heterocycles. The molecule has 29 heavy (non-hydrogen) atoms. The first-order valence-electron chi connectivity index (χ1n) is 9.25. The highest BCUT2D eigenvalue weighted by atomic mass is 19.1. The highest BCUT2D eigenvalue weighted by Gasteiger charge is 2.33. The molecule has 0 saturated carbocycles. The number of amides is 1. The summed E-state index contributed by atoms with van der Waals surface area (Å²) in [5.41, 5.74) is 2.16. The van der Waals surface area contributed by atoms with Crippen LogP contribution in [-0.4, -0.2) is 55.1 Å². The van der Waals surface area contributed by atoms with Crippen LogP contribution in [0.4, 0.5) is 4.39 Å². The van der Waals surface area contributed by atoms with E-state index in [9.17, 15) is 14.0 Å². The molecule has 0 bridgehead atoms.